The summed E-state index contributed by atoms with van der Waals surface area (Å²) in [7, 11) is 0. The van der Waals surface area contributed by atoms with Crippen LogP contribution >= 0.6 is 43.6 Å². The summed E-state index contributed by atoms with van der Waals surface area (Å²) in [6, 6.07) is 10.3. The molecule has 0 radical (unpaired) electrons. The molecule has 1 aromatic carbocycles. The second-order valence-electron chi connectivity index (χ2n) is 3.33. The number of benzene rings is 1. The van der Waals surface area contributed by atoms with Gasteiger partial charge in [0.2, 0.25) is 0 Å². The lowest BCUT2D eigenvalue weighted by Gasteiger charge is -2.03. The smallest absolute Gasteiger partial charge is 0.101 e. The third-order valence-electron chi connectivity index (χ3n) is 2.04. The Balaban J connectivity index is 2.24. The molecular weight excluding hydrogens is 350 g/mol. The molecule has 0 N–H and O–H groups in total. The third kappa shape index (κ3) is 3.09. The van der Waals surface area contributed by atoms with Gasteiger partial charge in [-0.15, -0.1) is 0 Å². The summed E-state index contributed by atoms with van der Waals surface area (Å²) in [5, 5.41) is 1.01. The SMILES string of the molecule is Cc1cc(Sc2cccc(Br)c2)ncc1Br. The Morgan fingerprint density at radius 2 is 2.00 bits per heavy atom. The quantitative estimate of drug-likeness (QED) is 0.743. The summed E-state index contributed by atoms with van der Waals surface area (Å²) < 4.78 is 2.14. The molecule has 0 saturated carbocycles. The maximum absolute atomic E-state index is 4.36. The van der Waals surface area contributed by atoms with Gasteiger partial charge >= 0.3 is 0 Å². The first-order valence-corrected chi connectivity index (χ1v) is 7.11. The van der Waals surface area contributed by atoms with Crippen LogP contribution in [0.5, 0.6) is 0 Å². The summed E-state index contributed by atoms with van der Waals surface area (Å²) in [5.74, 6) is 0. The standard InChI is InChI=1S/C12H9Br2NS/c1-8-5-12(15-7-11(8)14)16-10-4-2-3-9(13)6-10/h2-7H,1H3. The molecular formula is C12H9Br2NS. The van der Waals surface area contributed by atoms with Gasteiger partial charge in [0, 0.05) is 20.0 Å². The normalized spacial score (nSPS) is 10.4. The lowest BCUT2D eigenvalue weighted by Crippen LogP contribution is -1.83. The van der Waals surface area contributed by atoms with Crippen LogP contribution in [-0.2, 0) is 0 Å². The number of hydrogen-bond donors (Lipinski definition) is 0. The molecule has 0 aliphatic heterocycles. The monoisotopic (exact) mass is 357 g/mol. The molecule has 2 aromatic rings. The second kappa shape index (κ2) is 5.34. The van der Waals surface area contributed by atoms with Crippen LogP contribution in [0.1, 0.15) is 5.56 Å². The minimum atomic E-state index is 1.01. The zero-order valence-electron chi connectivity index (χ0n) is 8.58. The van der Waals surface area contributed by atoms with E-state index in [1.54, 1.807) is 11.8 Å². The van der Waals surface area contributed by atoms with E-state index in [0.717, 1.165) is 14.0 Å². The summed E-state index contributed by atoms with van der Waals surface area (Å²) in [5.41, 5.74) is 1.20. The van der Waals surface area contributed by atoms with Crippen LogP contribution in [0.3, 0.4) is 0 Å². The van der Waals surface area contributed by atoms with Crippen LogP contribution in [0.2, 0.25) is 0 Å². The Kier molecular flexibility index (Phi) is 4.05. The first-order valence-electron chi connectivity index (χ1n) is 4.71. The molecule has 4 heteroatoms. The maximum atomic E-state index is 4.36. The Hall–Kier alpha value is -0.320. The Morgan fingerprint density at radius 3 is 2.69 bits per heavy atom. The number of aromatic nitrogens is 1. The van der Waals surface area contributed by atoms with Gasteiger partial charge in [0.15, 0.2) is 0 Å². The number of nitrogens with zero attached hydrogens (tertiary/aromatic N) is 1. The molecule has 0 fully saturated rings. The summed E-state index contributed by atoms with van der Waals surface area (Å²) >= 11 is 8.57. The van der Waals surface area contributed by atoms with Gasteiger partial charge in [-0.3, -0.25) is 0 Å². The number of aryl methyl sites for hydroxylation is 1. The molecule has 1 heterocycles. The van der Waals surface area contributed by atoms with Crippen LogP contribution < -0.4 is 0 Å². The number of halogens is 2. The van der Waals surface area contributed by atoms with E-state index >= 15 is 0 Å². The van der Waals surface area contributed by atoms with Crippen molar-refractivity contribution < 1.29 is 0 Å². The van der Waals surface area contributed by atoms with Gasteiger partial charge in [0.25, 0.3) is 0 Å². The highest BCUT2D eigenvalue weighted by Gasteiger charge is 2.01. The van der Waals surface area contributed by atoms with E-state index in [1.165, 1.54) is 10.5 Å². The van der Waals surface area contributed by atoms with Gasteiger partial charge in [-0.1, -0.05) is 33.8 Å². The van der Waals surface area contributed by atoms with Gasteiger partial charge in [-0.2, -0.15) is 0 Å². The highest BCUT2D eigenvalue weighted by atomic mass is 79.9. The van der Waals surface area contributed by atoms with Crippen molar-refractivity contribution in [3.63, 3.8) is 0 Å². The van der Waals surface area contributed by atoms with Crippen molar-refractivity contribution in [2.75, 3.05) is 0 Å². The average molecular weight is 359 g/mol. The van der Waals surface area contributed by atoms with Crippen molar-refractivity contribution in [2.24, 2.45) is 0 Å². The molecule has 0 aliphatic rings. The predicted octanol–water partition coefficient (Wildman–Crippen LogP) is 5.07. The van der Waals surface area contributed by atoms with Crippen LogP contribution in [0, 0.1) is 6.92 Å². The van der Waals surface area contributed by atoms with E-state index in [9.17, 15) is 0 Å². The van der Waals surface area contributed by atoms with Gasteiger partial charge < -0.3 is 0 Å². The molecule has 1 aromatic heterocycles. The molecule has 0 amide bonds. The maximum Gasteiger partial charge on any atom is 0.101 e. The van der Waals surface area contributed by atoms with Crippen molar-refractivity contribution in [3.05, 3.63) is 51.0 Å². The van der Waals surface area contributed by atoms with Crippen molar-refractivity contribution in [2.45, 2.75) is 16.8 Å². The summed E-state index contributed by atoms with van der Waals surface area (Å²) in [6.07, 6.45) is 1.84. The molecule has 82 valence electrons. The molecule has 0 atom stereocenters. The van der Waals surface area contributed by atoms with E-state index in [1.807, 2.05) is 18.3 Å². The van der Waals surface area contributed by atoms with E-state index in [-0.39, 0.29) is 0 Å². The Bertz CT molecular complexity index is 514. The van der Waals surface area contributed by atoms with E-state index in [2.05, 4.69) is 62.0 Å². The van der Waals surface area contributed by atoms with Crippen molar-refractivity contribution in [1.29, 1.82) is 0 Å². The van der Waals surface area contributed by atoms with E-state index in [4.69, 9.17) is 0 Å². The van der Waals surface area contributed by atoms with Gasteiger partial charge in [-0.05, 0) is 52.7 Å². The van der Waals surface area contributed by atoms with Gasteiger partial charge in [0.05, 0.1) is 0 Å². The predicted molar refractivity (Wildman–Crippen MR) is 74.9 cm³/mol. The van der Waals surface area contributed by atoms with Crippen molar-refractivity contribution in [1.82, 2.24) is 4.98 Å². The number of pyridine rings is 1. The van der Waals surface area contributed by atoms with Crippen molar-refractivity contribution >= 4 is 43.6 Å². The van der Waals surface area contributed by atoms with Crippen LogP contribution in [0.4, 0.5) is 0 Å². The fourth-order valence-corrected chi connectivity index (χ4v) is 2.90. The topological polar surface area (TPSA) is 12.9 Å². The molecule has 0 bridgehead atoms. The average Bonchev–Trinajstić information content (AvgIpc) is 2.24. The Labute approximate surface area is 116 Å². The van der Waals surface area contributed by atoms with E-state index < -0.39 is 0 Å². The molecule has 0 unspecified atom stereocenters. The summed E-state index contributed by atoms with van der Waals surface area (Å²) in [4.78, 5) is 5.55. The lowest BCUT2D eigenvalue weighted by molar-refractivity contribution is 1.10. The largest absolute Gasteiger partial charge is 0.248 e. The fourth-order valence-electron chi connectivity index (χ4n) is 1.22. The molecule has 2 rings (SSSR count). The molecule has 16 heavy (non-hydrogen) atoms. The minimum absolute atomic E-state index is 1.01. The van der Waals surface area contributed by atoms with Gasteiger partial charge in [0.1, 0.15) is 5.03 Å². The van der Waals surface area contributed by atoms with Crippen LogP contribution in [0.15, 0.2) is 55.4 Å². The zero-order valence-corrected chi connectivity index (χ0v) is 12.6. The number of hydrogen-bond acceptors (Lipinski definition) is 2. The number of rotatable bonds is 2. The lowest BCUT2D eigenvalue weighted by atomic mass is 10.3. The molecule has 0 spiro atoms. The molecule has 1 nitrogen and oxygen atoms in total. The van der Waals surface area contributed by atoms with Crippen LogP contribution in [0.25, 0.3) is 0 Å². The van der Waals surface area contributed by atoms with E-state index in [0.29, 0.717) is 0 Å². The summed E-state index contributed by atoms with van der Waals surface area (Å²) in [6.45, 7) is 2.07. The fraction of sp³-hybridized carbons (Fsp3) is 0.0833. The van der Waals surface area contributed by atoms with Crippen molar-refractivity contribution in [3.8, 4) is 0 Å². The van der Waals surface area contributed by atoms with Crippen LogP contribution in [-0.4, -0.2) is 4.98 Å². The Morgan fingerprint density at radius 1 is 1.19 bits per heavy atom. The molecule has 0 aliphatic carbocycles. The highest BCUT2D eigenvalue weighted by Crippen LogP contribution is 2.29. The third-order valence-corrected chi connectivity index (χ3v) is 4.29. The first-order chi connectivity index (χ1) is 7.65. The highest BCUT2D eigenvalue weighted by molar-refractivity contribution is 9.10. The minimum Gasteiger partial charge on any atom is -0.248 e. The molecule has 0 saturated heterocycles. The van der Waals surface area contributed by atoms with Gasteiger partial charge in [-0.25, -0.2) is 4.98 Å². The zero-order chi connectivity index (χ0) is 11.5. The second-order valence-corrected chi connectivity index (χ2v) is 6.19. The first kappa shape index (κ1) is 12.1.